The third kappa shape index (κ3) is 2.39. The van der Waals surface area contributed by atoms with Crippen LogP contribution >= 0.6 is 22.9 Å². The Morgan fingerprint density at radius 2 is 1.41 bits per heavy atom. The van der Waals surface area contributed by atoms with Gasteiger partial charge in [-0.1, -0.05) is 54.6 Å². The summed E-state index contributed by atoms with van der Waals surface area (Å²) in [5.41, 5.74) is 4.32. The Kier molecular flexibility index (Phi) is 3.37. The fraction of sp³-hybridized carbons (Fsp3) is 0. The molecule has 0 N–H and O–H groups in total. The van der Waals surface area contributed by atoms with Gasteiger partial charge in [0.15, 0.2) is 0 Å². The lowest BCUT2D eigenvalue weighted by Gasteiger charge is -2.06. The average molecular weight is 323 g/mol. The number of hydrogen-bond acceptors (Lipinski definition) is 3. The molecule has 106 valence electrons. The maximum absolute atomic E-state index is 6.04. The smallest absolute Gasteiger partial charge is 0.217 e. The van der Waals surface area contributed by atoms with Crippen LogP contribution < -0.4 is 0 Å². The van der Waals surface area contributed by atoms with Crippen LogP contribution in [-0.4, -0.2) is 9.97 Å². The number of halogens is 1. The molecule has 4 rings (SSSR count). The van der Waals surface area contributed by atoms with Gasteiger partial charge >= 0.3 is 0 Å². The highest BCUT2D eigenvalue weighted by Crippen LogP contribution is 2.31. The van der Waals surface area contributed by atoms with Crippen LogP contribution in [0.3, 0.4) is 0 Å². The Hall–Kier alpha value is -2.23. The Morgan fingerprint density at radius 1 is 0.727 bits per heavy atom. The van der Waals surface area contributed by atoms with Crippen LogP contribution in [0.4, 0.5) is 0 Å². The maximum Gasteiger partial charge on any atom is 0.224 e. The van der Waals surface area contributed by atoms with Crippen molar-refractivity contribution in [1.82, 2.24) is 9.97 Å². The zero-order valence-corrected chi connectivity index (χ0v) is 13.1. The summed E-state index contributed by atoms with van der Waals surface area (Å²) in [6.45, 7) is 0. The van der Waals surface area contributed by atoms with Crippen LogP contribution in [0.2, 0.25) is 5.28 Å². The number of fused-ring (bicyclic) bond motifs is 1. The maximum atomic E-state index is 6.04. The molecule has 4 aromatic rings. The van der Waals surface area contributed by atoms with Gasteiger partial charge in [-0.3, -0.25) is 0 Å². The van der Waals surface area contributed by atoms with Gasteiger partial charge in [-0.05, 0) is 34.2 Å². The number of thiophene rings is 1. The lowest BCUT2D eigenvalue weighted by Crippen LogP contribution is -1.88. The summed E-state index contributed by atoms with van der Waals surface area (Å²) in [7, 11) is 0. The average Bonchev–Trinajstić information content (AvgIpc) is 3.03. The Morgan fingerprint density at radius 3 is 2.18 bits per heavy atom. The molecule has 0 saturated heterocycles. The molecule has 0 aliphatic heterocycles. The van der Waals surface area contributed by atoms with E-state index in [-0.39, 0.29) is 5.28 Å². The predicted molar refractivity (Wildman–Crippen MR) is 93.3 cm³/mol. The summed E-state index contributed by atoms with van der Waals surface area (Å²) >= 11 is 7.62. The molecule has 0 fully saturated rings. The van der Waals surface area contributed by atoms with Crippen LogP contribution in [0.1, 0.15) is 0 Å². The zero-order chi connectivity index (χ0) is 14.9. The topological polar surface area (TPSA) is 25.8 Å². The van der Waals surface area contributed by atoms with Gasteiger partial charge in [0.05, 0.1) is 5.69 Å². The van der Waals surface area contributed by atoms with E-state index in [4.69, 9.17) is 11.6 Å². The lowest BCUT2D eigenvalue weighted by atomic mass is 10.0. The van der Waals surface area contributed by atoms with Crippen molar-refractivity contribution in [2.75, 3.05) is 0 Å². The SMILES string of the molecule is Clc1nc(-c2ccc(-c3ccccc3)cc2)c2ccsc2n1. The molecule has 0 saturated carbocycles. The Bertz CT molecular complexity index is 930. The van der Waals surface area contributed by atoms with Crippen molar-refractivity contribution in [3.05, 3.63) is 71.3 Å². The highest BCUT2D eigenvalue weighted by atomic mass is 35.5. The minimum Gasteiger partial charge on any atom is -0.217 e. The largest absolute Gasteiger partial charge is 0.224 e. The van der Waals surface area contributed by atoms with Crippen molar-refractivity contribution < 1.29 is 0 Å². The van der Waals surface area contributed by atoms with Gasteiger partial charge in [0.25, 0.3) is 0 Å². The first-order chi connectivity index (χ1) is 10.8. The van der Waals surface area contributed by atoms with E-state index in [0.29, 0.717) is 0 Å². The molecule has 0 aliphatic rings. The number of benzene rings is 2. The molecule has 2 aromatic carbocycles. The van der Waals surface area contributed by atoms with Crippen molar-refractivity contribution in [3.63, 3.8) is 0 Å². The van der Waals surface area contributed by atoms with Crippen LogP contribution in [-0.2, 0) is 0 Å². The second-order valence-electron chi connectivity index (χ2n) is 4.92. The van der Waals surface area contributed by atoms with Crippen LogP contribution in [0, 0.1) is 0 Å². The summed E-state index contributed by atoms with van der Waals surface area (Å²) in [4.78, 5) is 9.59. The third-order valence-corrected chi connectivity index (χ3v) is 4.54. The van der Waals surface area contributed by atoms with Gasteiger partial charge < -0.3 is 0 Å². The van der Waals surface area contributed by atoms with E-state index in [0.717, 1.165) is 21.5 Å². The first-order valence-electron chi connectivity index (χ1n) is 6.88. The number of nitrogens with zero attached hydrogens (tertiary/aromatic N) is 2. The summed E-state index contributed by atoms with van der Waals surface area (Å²) in [6, 6.07) is 20.7. The van der Waals surface area contributed by atoms with Crippen molar-refractivity contribution in [3.8, 4) is 22.4 Å². The van der Waals surface area contributed by atoms with Gasteiger partial charge in [-0.2, -0.15) is 0 Å². The van der Waals surface area contributed by atoms with E-state index < -0.39 is 0 Å². The van der Waals surface area contributed by atoms with Gasteiger partial charge in [0, 0.05) is 10.9 Å². The molecule has 2 heterocycles. The van der Waals surface area contributed by atoms with Crippen molar-refractivity contribution in [1.29, 1.82) is 0 Å². The molecular weight excluding hydrogens is 312 g/mol. The molecule has 0 spiro atoms. The monoisotopic (exact) mass is 322 g/mol. The van der Waals surface area contributed by atoms with E-state index in [9.17, 15) is 0 Å². The Balaban J connectivity index is 1.81. The standard InChI is InChI=1S/C18H11ClN2S/c19-18-20-16(15-10-11-22-17(15)21-18)14-8-6-13(7-9-14)12-4-2-1-3-5-12/h1-11H. The first-order valence-corrected chi connectivity index (χ1v) is 8.13. The molecule has 0 atom stereocenters. The summed E-state index contributed by atoms with van der Waals surface area (Å²) in [5, 5.41) is 3.34. The number of hydrogen-bond donors (Lipinski definition) is 0. The molecule has 2 aromatic heterocycles. The second kappa shape index (κ2) is 5.52. The number of aromatic nitrogens is 2. The highest BCUT2D eigenvalue weighted by Gasteiger charge is 2.10. The highest BCUT2D eigenvalue weighted by molar-refractivity contribution is 7.16. The van der Waals surface area contributed by atoms with E-state index in [1.807, 2.05) is 29.6 Å². The molecule has 4 heteroatoms. The first kappa shape index (κ1) is 13.4. The van der Waals surface area contributed by atoms with Gasteiger partial charge in [0.2, 0.25) is 5.28 Å². The van der Waals surface area contributed by atoms with Gasteiger partial charge in [-0.15, -0.1) is 11.3 Å². The summed E-state index contributed by atoms with van der Waals surface area (Å²) < 4.78 is 0. The minimum absolute atomic E-state index is 0.289. The summed E-state index contributed by atoms with van der Waals surface area (Å²) in [6.07, 6.45) is 0. The molecule has 22 heavy (non-hydrogen) atoms. The quantitative estimate of drug-likeness (QED) is 0.444. The molecule has 0 radical (unpaired) electrons. The Labute approximate surface area is 137 Å². The molecule has 0 unspecified atom stereocenters. The molecule has 0 aliphatic carbocycles. The fourth-order valence-corrected chi connectivity index (χ4v) is 3.48. The fourth-order valence-electron chi connectivity index (χ4n) is 2.50. The van der Waals surface area contributed by atoms with Gasteiger partial charge in [-0.25, -0.2) is 9.97 Å². The second-order valence-corrected chi connectivity index (χ2v) is 6.16. The van der Waals surface area contributed by atoms with E-state index in [1.165, 1.54) is 11.1 Å². The lowest BCUT2D eigenvalue weighted by molar-refractivity contribution is 1.24. The molecule has 0 amide bonds. The molecule has 2 nitrogen and oxygen atoms in total. The molecule has 0 bridgehead atoms. The molecular formula is C18H11ClN2S. The number of rotatable bonds is 2. The summed E-state index contributed by atoms with van der Waals surface area (Å²) in [5.74, 6) is 0. The third-order valence-electron chi connectivity index (χ3n) is 3.56. The van der Waals surface area contributed by atoms with E-state index in [1.54, 1.807) is 11.3 Å². The zero-order valence-electron chi connectivity index (χ0n) is 11.5. The minimum atomic E-state index is 0.289. The van der Waals surface area contributed by atoms with Crippen molar-refractivity contribution in [2.24, 2.45) is 0 Å². The predicted octanol–water partition coefficient (Wildman–Crippen LogP) is 5.68. The van der Waals surface area contributed by atoms with Crippen LogP contribution in [0.5, 0.6) is 0 Å². The van der Waals surface area contributed by atoms with Crippen molar-refractivity contribution in [2.45, 2.75) is 0 Å². The van der Waals surface area contributed by atoms with Crippen molar-refractivity contribution >= 4 is 33.2 Å². The van der Waals surface area contributed by atoms with E-state index in [2.05, 4.69) is 46.4 Å². The normalized spacial score (nSPS) is 11.0. The van der Waals surface area contributed by atoms with E-state index >= 15 is 0 Å². The van der Waals surface area contributed by atoms with Crippen LogP contribution in [0.25, 0.3) is 32.6 Å². The van der Waals surface area contributed by atoms with Crippen LogP contribution in [0.15, 0.2) is 66.0 Å². The van der Waals surface area contributed by atoms with Gasteiger partial charge in [0.1, 0.15) is 4.83 Å².